The van der Waals surface area contributed by atoms with Gasteiger partial charge in [0.2, 0.25) is 0 Å². The van der Waals surface area contributed by atoms with Crippen LogP contribution in [-0.2, 0) is 11.3 Å². The molecule has 0 N–H and O–H groups in total. The van der Waals surface area contributed by atoms with E-state index in [1.807, 2.05) is 26.0 Å². The zero-order valence-corrected chi connectivity index (χ0v) is 11.7. The standard InChI is InChI=1S/C15H23NO2/c1-5-7-8-9-18-11-15(17)14-10-12(3)16(6-2)13(14)4/h5,10H,1,6-9,11H2,2-4H3. The van der Waals surface area contributed by atoms with Crippen LogP contribution in [0.5, 0.6) is 0 Å². The Kier molecular flexibility index (Phi) is 5.86. The molecule has 0 amide bonds. The Balaban J connectivity index is 2.54. The Labute approximate surface area is 109 Å². The topological polar surface area (TPSA) is 31.2 Å². The molecule has 0 radical (unpaired) electrons. The van der Waals surface area contributed by atoms with E-state index in [4.69, 9.17) is 4.74 Å². The maximum Gasteiger partial charge on any atom is 0.190 e. The van der Waals surface area contributed by atoms with Crippen molar-refractivity contribution in [3.05, 3.63) is 35.7 Å². The summed E-state index contributed by atoms with van der Waals surface area (Å²) in [4.78, 5) is 12.0. The fourth-order valence-corrected chi connectivity index (χ4v) is 2.14. The van der Waals surface area contributed by atoms with Gasteiger partial charge in [0, 0.05) is 30.1 Å². The van der Waals surface area contributed by atoms with E-state index in [9.17, 15) is 4.79 Å². The minimum absolute atomic E-state index is 0.0707. The van der Waals surface area contributed by atoms with Crippen LogP contribution in [0.25, 0.3) is 0 Å². The quantitative estimate of drug-likeness (QED) is 0.402. The van der Waals surface area contributed by atoms with Gasteiger partial charge in [-0.25, -0.2) is 0 Å². The number of nitrogens with zero attached hydrogens (tertiary/aromatic N) is 1. The third kappa shape index (κ3) is 3.57. The smallest absolute Gasteiger partial charge is 0.190 e. The summed E-state index contributed by atoms with van der Waals surface area (Å²) in [5.74, 6) is 0.0707. The fourth-order valence-electron chi connectivity index (χ4n) is 2.14. The van der Waals surface area contributed by atoms with Gasteiger partial charge in [0.25, 0.3) is 0 Å². The molecule has 0 aromatic carbocycles. The highest BCUT2D eigenvalue weighted by Gasteiger charge is 2.14. The molecular formula is C15H23NO2. The third-order valence-corrected chi connectivity index (χ3v) is 3.12. The van der Waals surface area contributed by atoms with Crippen molar-refractivity contribution >= 4 is 5.78 Å². The maximum absolute atomic E-state index is 12.0. The van der Waals surface area contributed by atoms with Gasteiger partial charge in [-0.3, -0.25) is 4.79 Å². The first-order chi connectivity index (χ1) is 8.61. The predicted molar refractivity (Wildman–Crippen MR) is 74.2 cm³/mol. The normalized spacial score (nSPS) is 10.6. The molecule has 0 saturated carbocycles. The van der Waals surface area contributed by atoms with Crippen LogP contribution in [-0.4, -0.2) is 23.6 Å². The Morgan fingerprint density at radius 3 is 2.78 bits per heavy atom. The molecule has 0 saturated heterocycles. The number of hydrogen-bond donors (Lipinski definition) is 0. The lowest BCUT2D eigenvalue weighted by molar-refractivity contribution is 0.0756. The number of aromatic nitrogens is 1. The SMILES string of the molecule is C=CCCCOCC(=O)c1cc(C)n(CC)c1C. The first-order valence-electron chi connectivity index (χ1n) is 6.50. The second-order valence-corrected chi connectivity index (χ2v) is 4.44. The summed E-state index contributed by atoms with van der Waals surface area (Å²) in [6, 6.07) is 1.95. The van der Waals surface area contributed by atoms with Gasteiger partial charge in [0.15, 0.2) is 5.78 Å². The number of Topliss-reactive ketones (excluding diaryl/α,β-unsaturated/α-hetero) is 1. The van der Waals surface area contributed by atoms with Gasteiger partial charge >= 0.3 is 0 Å². The van der Waals surface area contributed by atoms with Crippen LogP contribution in [0.1, 0.15) is 41.5 Å². The molecule has 100 valence electrons. The molecule has 3 nitrogen and oxygen atoms in total. The monoisotopic (exact) mass is 249 g/mol. The van der Waals surface area contributed by atoms with Crippen molar-refractivity contribution in [2.75, 3.05) is 13.2 Å². The molecule has 0 aliphatic rings. The molecule has 1 aromatic heterocycles. The highest BCUT2D eigenvalue weighted by molar-refractivity contribution is 5.98. The predicted octanol–water partition coefficient (Wildman–Crippen LogP) is 3.29. The molecule has 0 spiro atoms. The highest BCUT2D eigenvalue weighted by Crippen LogP contribution is 2.15. The lowest BCUT2D eigenvalue weighted by Gasteiger charge is -2.06. The fraction of sp³-hybridized carbons (Fsp3) is 0.533. The van der Waals surface area contributed by atoms with Crippen LogP contribution < -0.4 is 0 Å². The van der Waals surface area contributed by atoms with Gasteiger partial charge in [-0.1, -0.05) is 6.08 Å². The molecule has 1 aromatic rings. The van der Waals surface area contributed by atoms with Crippen molar-refractivity contribution in [1.82, 2.24) is 4.57 Å². The van der Waals surface area contributed by atoms with Gasteiger partial charge in [-0.15, -0.1) is 6.58 Å². The van der Waals surface area contributed by atoms with Gasteiger partial charge in [0.05, 0.1) is 0 Å². The largest absolute Gasteiger partial charge is 0.373 e. The summed E-state index contributed by atoms with van der Waals surface area (Å²) in [6.07, 6.45) is 3.71. The number of rotatable bonds is 8. The first-order valence-corrected chi connectivity index (χ1v) is 6.50. The average molecular weight is 249 g/mol. The average Bonchev–Trinajstić information content (AvgIpc) is 2.64. The molecule has 18 heavy (non-hydrogen) atoms. The van der Waals surface area contributed by atoms with Gasteiger partial charge < -0.3 is 9.30 Å². The van der Waals surface area contributed by atoms with E-state index in [1.54, 1.807) is 0 Å². The summed E-state index contributed by atoms with van der Waals surface area (Å²) in [5.41, 5.74) is 2.96. The highest BCUT2D eigenvalue weighted by atomic mass is 16.5. The minimum Gasteiger partial charge on any atom is -0.373 e. The molecular weight excluding hydrogens is 226 g/mol. The maximum atomic E-state index is 12.0. The molecule has 0 atom stereocenters. The van der Waals surface area contributed by atoms with Crippen LogP contribution in [0.15, 0.2) is 18.7 Å². The van der Waals surface area contributed by atoms with E-state index in [0.29, 0.717) is 6.61 Å². The Morgan fingerprint density at radius 2 is 2.22 bits per heavy atom. The molecule has 0 unspecified atom stereocenters. The van der Waals surface area contributed by atoms with Crippen molar-refractivity contribution < 1.29 is 9.53 Å². The lowest BCUT2D eigenvalue weighted by Crippen LogP contribution is -2.11. The number of aryl methyl sites for hydroxylation is 1. The van der Waals surface area contributed by atoms with Crippen LogP contribution in [0.3, 0.4) is 0 Å². The molecule has 0 aliphatic heterocycles. The van der Waals surface area contributed by atoms with Crippen molar-refractivity contribution in [2.24, 2.45) is 0 Å². The molecule has 3 heteroatoms. The zero-order chi connectivity index (χ0) is 13.5. The number of ketones is 1. The molecule has 0 fully saturated rings. The summed E-state index contributed by atoms with van der Waals surface area (Å²) in [6.45, 7) is 11.4. The van der Waals surface area contributed by atoms with E-state index in [2.05, 4.69) is 18.1 Å². The lowest BCUT2D eigenvalue weighted by atomic mass is 10.1. The van der Waals surface area contributed by atoms with Gasteiger partial charge in [0.1, 0.15) is 6.61 Å². The van der Waals surface area contributed by atoms with Crippen molar-refractivity contribution in [1.29, 1.82) is 0 Å². The summed E-state index contributed by atoms with van der Waals surface area (Å²) in [5, 5.41) is 0. The van der Waals surface area contributed by atoms with Crippen LogP contribution in [0.2, 0.25) is 0 Å². The summed E-state index contributed by atoms with van der Waals surface area (Å²) in [7, 11) is 0. The van der Waals surface area contributed by atoms with Crippen LogP contribution in [0.4, 0.5) is 0 Å². The summed E-state index contributed by atoms with van der Waals surface area (Å²) >= 11 is 0. The molecule has 0 aliphatic carbocycles. The van der Waals surface area contributed by atoms with E-state index < -0.39 is 0 Å². The van der Waals surface area contributed by atoms with Crippen LogP contribution in [0, 0.1) is 13.8 Å². The summed E-state index contributed by atoms with van der Waals surface area (Å²) < 4.78 is 7.53. The number of unbranched alkanes of at least 4 members (excludes halogenated alkanes) is 1. The van der Waals surface area contributed by atoms with E-state index in [0.717, 1.165) is 36.3 Å². The Hall–Kier alpha value is -1.35. The second-order valence-electron chi connectivity index (χ2n) is 4.44. The van der Waals surface area contributed by atoms with Crippen LogP contribution >= 0.6 is 0 Å². The minimum atomic E-state index is 0.0707. The third-order valence-electron chi connectivity index (χ3n) is 3.12. The van der Waals surface area contributed by atoms with E-state index in [-0.39, 0.29) is 12.4 Å². The van der Waals surface area contributed by atoms with E-state index >= 15 is 0 Å². The number of hydrogen-bond acceptors (Lipinski definition) is 2. The van der Waals surface area contributed by atoms with Crippen molar-refractivity contribution in [2.45, 2.75) is 40.2 Å². The Morgan fingerprint density at radius 1 is 1.50 bits per heavy atom. The number of ether oxygens (including phenoxy) is 1. The van der Waals surface area contributed by atoms with Gasteiger partial charge in [-0.2, -0.15) is 0 Å². The molecule has 1 heterocycles. The number of allylic oxidation sites excluding steroid dienone is 1. The zero-order valence-electron chi connectivity index (χ0n) is 11.7. The first kappa shape index (κ1) is 14.7. The molecule has 0 bridgehead atoms. The number of carbonyl (C=O) groups excluding carboxylic acids is 1. The van der Waals surface area contributed by atoms with Gasteiger partial charge in [-0.05, 0) is 39.7 Å². The van der Waals surface area contributed by atoms with Crippen molar-refractivity contribution in [3.63, 3.8) is 0 Å². The number of carbonyl (C=O) groups is 1. The van der Waals surface area contributed by atoms with E-state index in [1.165, 1.54) is 0 Å². The molecule has 1 rings (SSSR count). The second kappa shape index (κ2) is 7.17. The van der Waals surface area contributed by atoms with Crippen molar-refractivity contribution in [3.8, 4) is 0 Å². The Bertz CT molecular complexity index is 418.